The summed E-state index contributed by atoms with van der Waals surface area (Å²) in [5.74, 6) is 1.28. The average molecular weight is 339 g/mol. The fourth-order valence-corrected chi connectivity index (χ4v) is 1.99. The molecular formula is C14H15BrN2O3. The van der Waals surface area contributed by atoms with Gasteiger partial charge in [-0.15, -0.1) is 0 Å². The average Bonchev–Trinajstić information content (AvgIpc) is 2.82. The zero-order valence-electron chi connectivity index (χ0n) is 11.3. The lowest BCUT2D eigenvalue weighted by Crippen LogP contribution is -2.14. The number of benzene rings is 1. The van der Waals surface area contributed by atoms with E-state index in [4.69, 9.17) is 9.26 Å². The summed E-state index contributed by atoms with van der Waals surface area (Å²) in [6.45, 7) is 4.33. The third-order valence-electron chi connectivity index (χ3n) is 2.52. The summed E-state index contributed by atoms with van der Waals surface area (Å²) in [4.78, 5) is 12.3. The normalized spacial score (nSPS) is 10.3. The van der Waals surface area contributed by atoms with E-state index in [1.807, 2.05) is 13.0 Å². The Labute approximate surface area is 125 Å². The van der Waals surface area contributed by atoms with Gasteiger partial charge in [0, 0.05) is 10.5 Å². The van der Waals surface area contributed by atoms with Gasteiger partial charge in [-0.25, -0.2) is 0 Å². The Hall–Kier alpha value is -1.82. The molecule has 1 aromatic heterocycles. The van der Waals surface area contributed by atoms with Crippen molar-refractivity contribution in [3.63, 3.8) is 0 Å². The summed E-state index contributed by atoms with van der Waals surface area (Å²) in [5.41, 5.74) is 0.452. The highest BCUT2D eigenvalue weighted by atomic mass is 79.9. The van der Waals surface area contributed by atoms with Crippen LogP contribution in [0.2, 0.25) is 0 Å². The first-order valence-corrected chi connectivity index (χ1v) is 7.06. The maximum Gasteiger partial charge on any atom is 0.260 e. The van der Waals surface area contributed by atoms with Crippen LogP contribution in [-0.2, 0) is 0 Å². The predicted molar refractivity (Wildman–Crippen MR) is 79.1 cm³/mol. The number of rotatable bonds is 5. The van der Waals surface area contributed by atoms with Crippen molar-refractivity contribution in [2.45, 2.75) is 20.3 Å². The quantitative estimate of drug-likeness (QED) is 0.900. The number of carbonyl (C=O) groups is 1. The van der Waals surface area contributed by atoms with Gasteiger partial charge < -0.3 is 14.6 Å². The third kappa shape index (κ3) is 3.60. The molecule has 0 radical (unpaired) electrons. The highest BCUT2D eigenvalue weighted by Crippen LogP contribution is 2.24. The molecule has 20 heavy (non-hydrogen) atoms. The van der Waals surface area contributed by atoms with Gasteiger partial charge in [-0.1, -0.05) is 28.0 Å². The van der Waals surface area contributed by atoms with Crippen LogP contribution in [0.3, 0.4) is 0 Å². The Morgan fingerprint density at radius 2 is 2.25 bits per heavy atom. The number of anilines is 1. The van der Waals surface area contributed by atoms with Gasteiger partial charge in [0.15, 0.2) is 5.82 Å². The van der Waals surface area contributed by atoms with E-state index in [1.54, 1.807) is 25.1 Å². The fourth-order valence-electron chi connectivity index (χ4n) is 1.63. The van der Waals surface area contributed by atoms with Crippen LogP contribution in [0.25, 0.3) is 0 Å². The number of aromatic nitrogens is 1. The summed E-state index contributed by atoms with van der Waals surface area (Å²) >= 11 is 3.35. The molecule has 0 aliphatic heterocycles. The van der Waals surface area contributed by atoms with Crippen molar-refractivity contribution in [2.24, 2.45) is 0 Å². The van der Waals surface area contributed by atoms with Crippen molar-refractivity contribution in [1.82, 2.24) is 5.16 Å². The molecule has 5 nitrogen and oxygen atoms in total. The van der Waals surface area contributed by atoms with Crippen LogP contribution in [0.5, 0.6) is 5.75 Å². The Kier molecular flexibility index (Phi) is 4.79. The Morgan fingerprint density at radius 1 is 1.45 bits per heavy atom. The van der Waals surface area contributed by atoms with Gasteiger partial charge >= 0.3 is 0 Å². The Morgan fingerprint density at radius 3 is 2.90 bits per heavy atom. The molecule has 1 N–H and O–H groups in total. The second-order valence-electron chi connectivity index (χ2n) is 4.27. The van der Waals surface area contributed by atoms with E-state index in [9.17, 15) is 4.79 Å². The number of ether oxygens (including phenoxy) is 1. The summed E-state index contributed by atoms with van der Waals surface area (Å²) in [7, 11) is 0. The van der Waals surface area contributed by atoms with E-state index in [0.29, 0.717) is 29.5 Å². The molecular weight excluding hydrogens is 324 g/mol. The molecule has 1 aromatic carbocycles. The largest absolute Gasteiger partial charge is 0.493 e. The lowest BCUT2D eigenvalue weighted by molar-refractivity contribution is 0.102. The smallest absolute Gasteiger partial charge is 0.260 e. The third-order valence-corrected chi connectivity index (χ3v) is 3.01. The molecule has 2 rings (SSSR count). The Bertz CT molecular complexity index is 610. The molecule has 106 valence electrons. The molecule has 0 saturated carbocycles. The van der Waals surface area contributed by atoms with Crippen molar-refractivity contribution in [3.05, 3.63) is 40.1 Å². The Balaban J connectivity index is 2.21. The predicted octanol–water partition coefficient (Wildman–Crippen LogP) is 3.79. The number of carbonyl (C=O) groups excluding carboxylic acids is 1. The second kappa shape index (κ2) is 6.56. The first-order chi connectivity index (χ1) is 9.60. The van der Waals surface area contributed by atoms with Gasteiger partial charge in [-0.2, -0.15) is 0 Å². The van der Waals surface area contributed by atoms with E-state index >= 15 is 0 Å². The highest BCUT2D eigenvalue weighted by molar-refractivity contribution is 9.10. The molecule has 0 aliphatic carbocycles. The van der Waals surface area contributed by atoms with Crippen molar-refractivity contribution in [2.75, 3.05) is 11.9 Å². The van der Waals surface area contributed by atoms with Crippen LogP contribution < -0.4 is 10.1 Å². The first-order valence-electron chi connectivity index (χ1n) is 6.27. The molecule has 0 spiro atoms. The van der Waals surface area contributed by atoms with Crippen molar-refractivity contribution in [1.29, 1.82) is 0 Å². The summed E-state index contributed by atoms with van der Waals surface area (Å²) in [6.07, 6.45) is 0.875. The highest BCUT2D eigenvalue weighted by Gasteiger charge is 2.15. The van der Waals surface area contributed by atoms with E-state index in [2.05, 4.69) is 26.4 Å². The molecule has 0 saturated heterocycles. The van der Waals surface area contributed by atoms with E-state index in [-0.39, 0.29) is 5.91 Å². The van der Waals surface area contributed by atoms with E-state index in [1.165, 1.54) is 0 Å². The summed E-state index contributed by atoms with van der Waals surface area (Å²) in [6, 6.07) is 6.97. The number of halogens is 1. The van der Waals surface area contributed by atoms with Crippen LogP contribution in [0.1, 0.15) is 29.5 Å². The standard InChI is InChI=1S/C14H15BrN2O3/c1-3-6-19-12-5-4-10(15)8-11(12)14(18)16-13-7-9(2)20-17-13/h4-5,7-8H,3,6H2,1-2H3,(H,16,17,18). The van der Waals surface area contributed by atoms with Crippen molar-refractivity contribution >= 4 is 27.7 Å². The minimum Gasteiger partial charge on any atom is -0.493 e. The van der Waals surface area contributed by atoms with Crippen LogP contribution in [0, 0.1) is 6.92 Å². The fraction of sp³-hybridized carbons (Fsp3) is 0.286. The van der Waals surface area contributed by atoms with Crippen LogP contribution in [-0.4, -0.2) is 17.7 Å². The maximum atomic E-state index is 12.3. The maximum absolute atomic E-state index is 12.3. The van der Waals surface area contributed by atoms with Gasteiger partial charge in [0.2, 0.25) is 0 Å². The molecule has 1 heterocycles. The molecule has 0 bridgehead atoms. The number of hydrogen-bond acceptors (Lipinski definition) is 4. The zero-order chi connectivity index (χ0) is 14.5. The molecule has 0 aliphatic rings. The monoisotopic (exact) mass is 338 g/mol. The molecule has 0 fully saturated rings. The minimum absolute atomic E-state index is 0.286. The second-order valence-corrected chi connectivity index (χ2v) is 5.18. The van der Waals surface area contributed by atoms with Gasteiger partial charge in [-0.05, 0) is 31.5 Å². The number of nitrogens with one attached hydrogen (secondary N) is 1. The minimum atomic E-state index is -0.286. The molecule has 2 aromatic rings. The van der Waals surface area contributed by atoms with Crippen molar-refractivity contribution in [3.8, 4) is 5.75 Å². The van der Waals surface area contributed by atoms with Gasteiger partial charge in [0.1, 0.15) is 11.5 Å². The van der Waals surface area contributed by atoms with Crippen LogP contribution >= 0.6 is 15.9 Å². The van der Waals surface area contributed by atoms with Crippen molar-refractivity contribution < 1.29 is 14.1 Å². The van der Waals surface area contributed by atoms with Crippen LogP contribution in [0.4, 0.5) is 5.82 Å². The van der Waals surface area contributed by atoms with Crippen LogP contribution in [0.15, 0.2) is 33.3 Å². The number of nitrogens with zero attached hydrogens (tertiary/aromatic N) is 1. The molecule has 6 heteroatoms. The SMILES string of the molecule is CCCOc1ccc(Br)cc1C(=O)Nc1cc(C)on1. The molecule has 1 amide bonds. The first kappa shape index (κ1) is 14.6. The lowest BCUT2D eigenvalue weighted by Gasteiger charge is -2.10. The number of aryl methyl sites for hydroxylation is 1. The number of amides is 1. The van der Waals surface area contributed by atoms with E-state index in [0.717, 1.165) is 10.9 Å². The lowest BCUT2D eigenvalue weighted by atomic mass is 10.2. The van der Waals surface area contributed by atoms with Gasteiger partial charge in [0.05, 0.1) is 12.2 Å². The summed E-state index contributed by atoms with van der Waals surface area (Å²) < 4.78 is 11.3. The zero-order valence-corrected chi connectivity index (χ0v) is 12.9. The topological polar surface area (TPSA) is 64.4 Å². The molecule has 0 unspecified atom stereocenters. The molecule has 0 atom stereocenters. The van der Waals surface area contributed by atoms with Gasteiger partial charge in [0.25, 0.3) is 5.91 Å². The van der Waals surface area contributed by atoms with E-state index < -0.39 is 0 Å². The summed E-state index contributed by atoms with van der Waals surface area (Å²) in [5, 5.41) is 6.41. The number of hydrogen-bond donors (Lipinski definition) is 1. The van der Waals surface area contributed by atoms with Gasteiger partial charge in [-0.3, -0.25) is 4.79 Å².